The van der Waals surface area contributed by atoms with Gasteiger partial charge in [-0.1, -0.05) is 12.8 Å². The Kier molecular flexibility index (Phi) is 4.13. The second kappa shape index (κ2) is 5.86. The van der Waals surface area contributed by atoms with Crippen LogP contribution in [0.15, 0.2) is 18.5 Å². The van der Waals surface area contributed by atoms with E-state index < -0.39 is 0 Å². The maximum atomic E-state index is 5.98. The van der Waals surface area contributed by atoms with Crippen molar-refractivity contribution >= 4 is 0 Å². The van der Waals surface area contributed by atoms with Crippen LogP contribution in [0, 0.1) is 5.41 Å². The van der Waals surface area contributed by atoms with Gasteiger partial charge in [0, 0.05) is 36.5 Å². The molecule has 0 saturated heterocycles. The first-order chi connectivity index (χ1) is 9.74. The van der Waals surface area contributed by atoms with E-state index in [0.29, 0.717) is 23.6 Å². The molecule has 1 spiro atoms. The number of rotatable bonds is 6. The highest BCUT2D eigenvalue weighted by molar-refractivity contribution is 5.10. The van der Waals surface area contributed by atoms with Gasteiger partial charge in [0.15, 0.2) is 0 Å². The molecular formula is C16H27N3O. The molecule has 2 aliphatic rings. The summed E-state index contributed by atoms with van der Waals surface area (Å²) in [5.74, 6) is 0. The topological polar surface area (TPSA) is 39.1 Å². The van der Waals surface area contributed by atoms with Crippen molar-refractivity contribution in [2.75, 3.05) is 6.61 Å². The molecule has 3 rings (SSSR count). The molecule has 4 nitrogen and oxygen atoms in total. The summed E-state index contributed by atoms with van der Waals surface area (Å²) in [6.45, 7) is 6.17. The lowest BCUT2D eigenvalue weighted by Crippen LogP contribution is -2.64. The molecule has 20 heavy (non-hydrogen) atoms. The van der Waals surface area contributed by atoms with Crippen molar-refractivity contribution in [1.82, 2.24) is 15.1 Å². The molecule has 3 atom stereocenters. The van der Waals surface area contributed by atoms with Crippen molar-refractivity contribution in [2.24, 2.45) is 5.41 Å². The number of hydrogen-bond acceptors (Lipinski definition) is 3. The Bertz CT molecular complexity index is 411. The summed E-state index contributed by atoms with van der Waals surface area (Å²) in [6, 6.07) is 3.08. The maximum absolute atomic E-state index is 5.98. The van der Waals surface area contributed by atoms with Gasteiger partial charge in [0.25, 0.3) is 0 Å². The molecule has 0 aliphatic heterocycles. The predicted octanol–water partition coefficient (Wildman–Crippen LogP) is 2.60. The van der Waals surface area contributed by atoms with Crippen LogP contribution in [0.5, 0.6) is 0 Å². The molecule has 0 bridgehead atoms. The number of ether oxygens (including phenoxy) is 1. The van der Waals surface area contributed by atoms with Gasteiger partial charge >= 0.3 is 0 Å². The third-order valence-corrected chi connectivity index (χ3v) is 5.19. The van der Waals surface area contributed by atoms with E-state index in [0.717, 1.165) is 13.2 Å². The van der Waals surface area contributed by atoms with Gasteiger partial charge in [0.1, 0.15) is 0 Å². The molecule has 1 heterocycles. The minimum absolute atomic E-state index is 0.425. The molecule has 2 saturated carbocycles. The van der Waals surface area contributed by atoms with Crippen LogP contribution in [-0.4, -0.2) is 34.6 Å². The third-order valence-electron chi connectivity index (χ3n) is 5.19. The Hall–Kier alpha value is -0.870. The molecule has 0 amide bonds. The summed E-state index contributed by atoms with van der Waals surface area (Å²) in [5, 5.41) is 8.13. The Balaban J connectivity index is 1.57. The van der Waals surface area contributed by atoms with Crippen LogP contribution in [0.4, 0.5) is 0 Å². The summed E-state index contributed by atoms with van der Waals surface area (Å²) in [6.07, 6.45) is 11.0. The van der Waals surface area contributed by atoms with Crippen LogP contribution in [0.2, 0.25) is 0 Å². The zero-order valence-electron chi connectivity index (χ0n) is 12.7. The van der Waals surface area contributed by atoms with Crippen molar-refractivity contribution < 1.29 is 4.74 Å². The van der Waals surface area contributed by atoms with Gasteiger partial charge in [-0.25, -0.2) is 0 Å². The van der Waals surface area contributed by atoms with Crippen LogP contribution in [0.1, 0.15) is 46.0 Å². The van der Waals surface area contributed by atoms with Crippen molar-refractivity contribution in [3.8, 4) is 0 Å². The minimum atomic E-state index is 0.425. The minimum Gasteiger partial charge on any atom is -0.378 e. The summed E-state index contributed by atoms with van der Waals surface area (Å²) in [5.41, 5.74) is 0.425. The summed E-state index contributed by atoms with van der Waals surface area (Å²) >= 11 is 0. The van der Waals surface area contributed by atoms with E-state index >= 15 is 0 Å². The highest BCUT2D eigenvalue weighted by Gasteiger charge is 2.56. The number of nitrogens with zero attached hydrogens (tertiary/aromatic N) is 2. The second-order valence-electron chi connectivity index (χ2n) is 6.47. The highest BCUT2D eigenvalue weighted by Crippen LogP contribution is 2.54. The van der Waals surface area contributed by atoms with Crippen molar-refractivity contribution in [2.45, 2.75) is 70.7 Å². The van der Waals surface area contributed by atoms with Gasteiger partial charge in [-0.3, -0.25) is 4.68 Å². The van der Waals surface area contributed by atoms with Crippen LogP contribution in [0.3, 0.4) is 0 Å². The average Bonchev–Trinajstić information content (AvgIpc) is 3.09. The molecule has 2 fully saturated rings. The van der Waals surface area contributed by atoms with E-state index in [9.17, 15) is 0 Å². The lowest BCUT2D eigenvalue weighted by Gasteiger charge is -2.55. The first-order valence-electron chi connectivity index (χ1n) is 8.09. The predicted molar refractivity (Wildman–Crippen MR) is 79.5 cm³/mol. The molecule has 1 aromatic heterocycles. The third kappa shape index (κ3) is 2.51. The molecule has 112 valence electrons. The Morgan fingerprint density at radius 3 is 2.90 bits per heavy atom. The van der Waals surface area contributed by atoms with Crippen LogP contribution in [-0.2, 0) is 11.3 Å². The molecule has 4 heteroatoms. The van der Waals surface area contributed by atoms with E-state index in [1.165, 1.54) is 32.1 Å². The van der Waals surface area contributed by atoms with E-state index in [1.807, 2.05) is 23.1 Å². The molecule has 0 aromatic carbocycles. The summed E-state index contributed by atoms with van der Waals surface area (Å²) < 4.78 is 7.99. The van der Waals surface area contributed by atoms with E-state index in [1.54, 1.807) is 0 Å². The van der Waals surface area contributed by atoms with E-state index in [2.05, 4.69) is 24.3 Å². The van der Waals surface area contributed by atoms with Crippen molar-refractivity contribution in [1.29, 1.82) is 0 Å². The van der Waals surface area contributed by atoms with Gasteiger partial charge in [0.05, 0.1) is 12.6 Å². The van der Waals surface area contributed by atoms with Gasteiger partial charge in [-0.05, 0) is 39.2 Å². The van der Waals surface area contributed by atoms with E-state index in [-0.39, 0.29) is 0 Å². The zero-order chi connectivity index (χ0) is 14.0. The molecule has 0 radical (unpaired) electrons. The first kappa shape index (κ1) is 14.1. The van der Waals surface area contributed by atoms with Crippen molar-refractivity contribution in [3.63, 3.8) is 0 Å². The monoisotopic (exact) mass is 277 g/mol. The number of aromatic nitrogens is 2. The highest BCUT2D eigenvalue weighted by atomic mass is 16.5. The molecule has 3 unspecified atom stereocenters. The largest absolute Gasteiger partial charge is 0.378 e. The van der Waals surface area contributed by atoms with Crippen LogP contribution in [0.25, 0.3) is 0 Å². The molecule has 1 N–H and O–H groups in total. The maximum Gasteiger partial charge on any atom is 0.0661 e. The standard InChI is InChI=1S/C16H27N3O/c1-3-20-15-11-14(16(15)7-4-5-8-16)18-13(2)12-19-10-6-9-17-19/h6,9-10,13-15,18H,3-5,7-8,11-12H2,1-2H3. The summed E-state index contributed by atoms with van der Waals surface area (Å²) in [4.78, 5) is 0. The first-order valence-corrected chi connectivity index (χ1v) is 8.09. The quantitative estimate of drug-likeness (QED) is 0.868. The number of hydrogen-bond donors (Lipinski definition) is 1. The number of nitrogens with one attached hydrogen (secondary N) is 1. The smallest absolute Gasteiger partial charge is 0.0661 e. The van der Waals surface area contributed by atoms with E-state index in [4.69, 9.17) is 4.74 Å². The Labute approximate surface area is 121 Å². The molecule has 1 aromatic rings. The molecular weight excluding hydrogens is 250 g/mol. The fourth-order valence-electron chi connectivity index (χ4n) is 4.21. The SMILES string of the molecule is CCOC1CC(NC(C)Cn2cccn2)C12CCCC2. The lowest BCUT2D eigenvalue weighted by molar-refractivity contribution is -0.132. The Morgan fingerprint density at radius 1 is 1.45 bits per heavy atom. The van der Waals surface area contributed by atoms with Crippen LogP contribution < -0.4 is 5.32 Å². The zero-order valence-corrected chi connectivity index (χ0v) is 12.7. The summed E-state index contributed by atoms with van der Waals surface area (Å²) in [7, 11) is 0. The fourth-order valence-corrected chi connectivity index (χ4v) is 4.21. The van der Waals surface area contributed by atoms with Crippen molar-refractivity contribution in [3.05, 3.63) is 18.5 Å². The lowest BCUT2D eigenvalue weighted by atomic mass is 9.60. The Morgan fingerprint density at radius 2 is 2.25 bits per heavy atom. The second-order valence-corrected chi connectivity index (χ2v) is 6.47. The van der Waals surface area contributed by atoms with Gasteiger partial charge in [-0.15, -0.1) is 0 Å². The molecule has 2 aliphatic carbocycles. The van der Waals surface area contributed by atoms with Gasteiger partial charge in [-0.2, -0.15) is 5.10 Å². The normalized spacial score (nSPS) is 29.5. The van der Waals surface area contributed by atoms with Gasteiger partial charge in [0.2, 0.25) is 0 Å². The van der Waals surface area contributed by atoms with Gasteiger partial charge < -0.3 is 10.1 Å². The van der Waals surface area contributed by atoms with Crippen LogP contribution >= 0.6 is 0 Å². The fraction of sp³-hybridized carbons (Fsp3) is 0.812. The average molecular weight is 277 g/mol.